The van der Waals surface area contributed by atoms with E-state index in [9.17, 15) is 13.6 Å². The molecule has 4 rings (SSSR count). The number of anilines is 3. The van der Waals surface area contributed by atoms with Crippen LogP contribution in [0.5, 0.6) is 0 Å². The first-order chi connectivity index (χ1) is 13.6. The molecule has 0 spiro atoms. The van der Waals surface area contributed by atoms with Crippen molar-refractivity contribution in [3.8, 4) is 0 Å². The Bertz CT molecular complexity index is 1160. The lowest BCUT2D eigenvalue weighted by Gasteiger charge is -2.10. The van der Waals surface area contributed by atoms with Gasteiger partial charge in [0.15, 0.2) is 0 Å². The number of nitrogens with zero attached hydrogens (tertiary/aromatic N) is 3. The number of benzene rings is 2. The monoisotopic (exact) mass is 377 g/mol. The second kappa shape index (κ2) is 7.36. The summed E-state index contributed by atoms with van der Waals surface area (Å²) >= 11 is 0. The predicted octanol–water partition coefficient (Wildman–Crippen LogP) is 4.30. The van der Waals surface area contributed by atoms with Gasteiger partial charge in [0.2, 0.25) is 5.95 Å². The molecule has 2 aromatic heterocycles. The molecule has 0 unspecified atom stereocenters. The number of hydrogen-bond donors (Lipinski definition) is 2. The van der Waals surface area contributed by atoms with Crippen molar-refractivity contribution in [2.75, 3.05) is 10.6 Å². The summed E-state index contributed by atoms with van der Waals surface area (Å²) in [7, 11) is 0. The molecule has 2 N–H and O–H groups in total. The number of carbonyl (C=O) groups is 1. The third kappa shape index (κ3) is 3.48. The molecular weight excluding hydrogens is 364 g/mol. The number of nitrogens with one attached hydrogen (secondary N) is 2. The Morgan fingerprint density at radius 1 is 0.857 bits per heavy atom. The number of aromatic nitrogens is 3. The van der Waals surface area contributed by atoms with Crippen LogP contribution in [0.2, 0.25) is 0 Å². The van der Waals surface area contributed by atoms with Crippen molar-refractivity contribution in [1.29, 1.82) is 0 Å². The first-order valence-corrected chi connectivity index (χ1v) is 8.31. The van der Waals surface area contributed by atoms with Gasteiger partial charge in [0.1, 0.15) is 23.0 Å². The van der Waals surface area contributed by atoms with E-state index in [1.807, 2.05) is 24.3 Å². The SMILES string of the molecule is O=C(Nc1c(F)cccc1F)c1ccnc(Nc2cccc3cccnc23)n1. The summed E-state index contributed by atoms with van der Waals surface area (Å²) in [5, 5.41) is 6.14. The number of fused-ring (bicyclic) bond motifs is 1. The summed E-state index contributed by atoms with van der Waals surface area (Å²) in [4.78, 5) is 24.9. The molecule has 0 bridgehead atoms. The highest BCUT2D eigenvalue weighted by molar-refractivity contribution is 6.03. The Hall–Kier alpha value is -3.94. The van der Waals surface area contributed by atoms with E-state index in [1.165, 1.54) is 18.3 Å². The fraction of sp³-hybridized carbons (Fsp3) is 0. The zero-order valence-corrected chi connectivity index (χ0v) is 14.4. The van der Waals surface area contributed by atoms with E-state index >= 15 is 0 Å². The Balaban J connectivity index is 1.60. The highest BCUT2D eigenvalue weighted by Crippen LogP contribution is 2.23. The fourth-order valence-electron chi connectivity index (χ4n) is 2.67. The van der Waals surface area contributed by atoms with Gasteiger partial charge in [0, 0.05) is 17.8 Å². The molecule has 1 amide bonds. The van der Waals surface area contributed by atoms with Crippen molar-refractivity contribution in [1.82, 2.24) is 15.0 Å². The van der Waals surface area contributed by atoms with Crippen molar-refractivity contribution in [3.63, 3.8) is 0 Å². The summed E-state index contributed by atoms with van der Waals surface area (Å²) < 4.78 is 27.5. The average molecular weight is 377 g/mol. The largest absolute Gasteiger partial charge is 0.322 e. The zero-order valence-electron chi connectivity index (χ0n) is 14.4. The Morgan fingerprint density at radius 3 is 2.43 bits per heavy atom. The Labute approximate surface area is 158 Å². The third-order valence-corrected chi connectivity index (χ3v) is 3.97. The number of carbonyl (C=O) groups excluding carboxylic acids is 1. The molecule has 6 nitrogen and oxygen atoms in total. The lowest BCUT2D eigenvalue weighted by molar-refractivity contribution is 0.102. The average Bonchev–Trinajstić information content (AvgIpc) is 2.71. The molecule has 0 atom stereocenters. The van der Waals surface area contributed by atoms with Crippen molar-refractivity contribution in [2.24, 2.45) is 0 Å². The van der Waals surface area contributed by atoms with Gasteiger partial charge < -0.3 is 10.6 Å². The standard InChI is InChI=1S/C20H13F2N5O/c21-13-6-2-7-14(22)18(13)27-19(28)16-9-11-24-20(26-16)25-15-8-1-4-12-5-3-10-23-17(12)15/h1-11H,(H,27,28)(H,24,25,26). The zero-order chi connectivity index (χ0) is 19.5. The summed E-state index contributed by atoms with van der Waals surface area (Å²) in [6.45, 7) is 0. The first kappa shape index (κ1) is 17.5. The van der Waals surface area contributed by atoms with Crippen LogP contribution < -0.4 is 10.6 Å². The maximum Gasteiger partial charge on any atom is 0.274 e. The van der Waals surface area contributed by atoms with Crippen molar-refractivity contribution in [2.45, 2.75) is 0 Å². The second-order valence-electron chi connectivity index (χ2n) is 5.82. The van der Waals surface area contributed by atoms with E-state index in [4.69, 9.17) is 0 Å². The molecule has 0 aliphatic rings. The van der Waals surface area contributed by atoms with Gasteiger partial charge in [-0.25, -0.2) is 18.7 Å². The number of rotatable bonds is 4. The minimum absolute atomic E-state index is 0.0478. The van der Waals surface area contributed by atoms with Gasteiger partial charge >= 0.3 is 0 Å². The number of halogens is 2. The minimum atomic E-state index is -0.873. The number of pyridine rings is 1. The van der Waals surface area contributed by atoms with Crippen LogP contribution in [0.25, 0.3) is 10.9 Å². The molecule has 4 aromatic rings. The van der Waals surface area contributed by atoms with Crippen LogP contribution in [0.3, 0.4) is 0 Å². The topological polar surface area (TPSA) is 79.8 Å². The molecule has 0 fully saturated rings. The van der Waals surface area contributed by atoms with Gasteiger partial charge in [0.25, 0.3) is 5.91 Å². The van der Waals surface area contributed by atoms with E-state index in [1.54, 1.807) is 12.3 Å². The van der Waals surface area contributed by atoms with Gasteiger partial charge in [-0.2, -0.15) is 0 Å². The van der Waals surface area contributed by atoms with E-state index in [0.29, 0.717) is 5.69 Å². The van der Waals surface area contributed by atoms with E-state index in [2.05, 4.69) is 25.6 Å². The molecular formula is C20H13F2N5O. The van der Waals surface area contributed by atoms with Crippen LogP contribution in [-0.4, -0.2) is 20.9 Å². The molecule has 8 heteroatoms. The summed E-state index contributed by atoms with van der Waals surface area (Å²) in [5.74, 6) is -2.35. The van der Waals surface area contributed by atoms with Gasteiger partial charge in [-0.05, 0) is 30.3 Å². The molecule has 0 saturated heterocycles. The van der Waals surface area contributed by atoms with Gasteiger partial charge in [-0.1, -0.05) is 24.3 Å². The number of amides is 1. The number of para-hydroxylation sites is 2. The molecule has 0 aliphatic carbocycles. The molecule has 28 heavy (non-hydrogen) atoms. The maximum absolute atomic E-state index is 13.7. The maximum atomic E-state index is 13.7. The third-order valence-electron chi connectivity index (χ3n) is 3.97. The van der Waals surface area contributed by atoms with Crippen molar-refractivity contribution >= 4 is 34.1 Å². The molecule has 0 saturated carbocycles. The van der Waals surface area contributed by atoms with Gasteiger partial charge in [-0.3, -0.25) is 9.78 Å². The van der Waals surface area contributed by atoms with Crippen molar-refractivity contribution < 1.29 is 13.6 Å². The Kier molecular flexibility index (Phi) is 4.59. The molecule has 2 heterocycles. The summed E-state index contributed by atoms with van der Waals surface area (Å²) in [6.07, 6.45) is 3.04. The fourth-order valence-corrected chi connectivity index (χ4v) is 2.67. The van der Waals surface area contributed by atoms with E-state index < -0.39 is 23.2 Å². The molecule has 0 radical (unpaired) electrons. The second-order valence-corrected chi connectivity index (χ2v) is 5.82. The smallest absolute Gasteiger partial charge is 0.274 e. The summed E-state index contributed by atoms with van der Waals surface area (Å²) in [5.41, 5.74) is 0.805. The van der Waals surface area contributed by atoms with Gasteiger partial charge in [-0.15, -0.1) is 0 Å². The first-order valence-electron chi connectivity index (χ1n) is 8.31. The quantitative estimate of drug-likeness (QED) is 0.554. The lowest BCUT2D eigenvalue weighted by atomic mass is 10.2. The number of hydrogen-bond acceptors (Lipinski definition) is 5. The molecule has 138 valence electrons. The van der Waals surface area contributed by atoms with Crippen LogP contribution in [0.4, 0.5) is 26.1 Å². The molecule has 0 aliphatic heterocycles. The van der Waals surface area contributed by atoms with E-state index in [0.717, 1.165) is 23.0 Å². The van der Waals surface area contributed by atoms with Gasteiger partial charge in [0.05, 0.1) is 11.2 Å². The van der Waals surface area contributed by atoms with Crippen LogP contribution in [0, 0.1) is 11.6 Å². The molecule has 2 aromatic carbocycles. The van der Waals surface area contributed by atoms with Crippen molar-refractivity contribution in [3.05, 3.63) is 84.3 Å². The van der Waals surface area contributed by atoms with Crippen LogP contribution in [0.15, 0.2) is 67.0 Å². The van der Waals surface area contributed by atoms with E-state index in [-0.39, 0.29) is 11.6 Å². The van der Waals surface area contributed by atoms with Crippen LogP contribution >= 0.6 is 0 Å². The highest BCUT2D eigenvalue weighted by atomic mass is 19.1. The highest BCUT2D eigenvalue weighted by Gasteiger charge is 2.15. The van der Waals surface area contributed by atoms with Crippen LogP contribution in [-0.2, 0) is 0 Å². The Morgan fingerprint density at radius 2 is 1.61 bits per heavy atom. The lowest BCUT2D eigenvalue weighted by Crippen LogP contribution is -2.16. The summed E-state index contributed by atoms with van der Waals surface area (Å²) in [6, 6.07) is 14.0. The normalized spacial score (nSPS) is 10.6. The minimum Gasteiger partial charge on any atom is -0.322 e. The van der Waals surface area contributed by atoms with Crippen LogP contribution in [0.1, 0.15) is 10.5 Å². The predicted molar refractivity (Wildman–Crippen MR) is 101 cm³/mol.